The van der Waals surface area contributed by atoms with Gasteiger partial charge in [-0.05, 0) is 43.5 Å². The maximum atomic E-state index is 13.0. The molecule has 1 N–H and O–H groups in total. The maximum absolute atomic E-state index is 13.0. The second kappa shape index (κ2) is 12.1. The van der Waals surface area contributed by atoms with Crippen LogP contribution in [0.2, 0.25) is 5.02 Å². The summed E-state index contributed by atoms with van der Waals surface area (Å²) in [6.45, 7) is 7.34. The Labute approximate surface area is 197 Å². The van der Waals surface area contributed by atoms with Crippen molar-refractivity contribution in [3.63, 3.8) is 0 Å². The largest absolute Gasteiger partial charge is 0.395 e. The first-order chi connectivity index (χ1) is 15.1. The second-order valence-electron chi connectivity index (χ2n) is 8.40. The van der Waals surface area contributed by atoms with Gasteiger partial charge in [-0.3, -0.25) is 4.90 Å². The number of ether oxygens (including phenoxy) is 1. The maximum Gasteiger partial charge on any atom is 0.242 e. The summed E-state index contributed by atoms with van der Waals surface area (Å²) in [6.07, 6.45) is -0.320. The highest BCUT2D eigenvalue weighted by Gasteiger charge is 2.28. The normalized spacial score (nSPS) is 15.2. The molecule has 2 aromatic carbocycles. The Morgan fingerprint density at radius 1 is 1.06 bits per heavy atom. The van der Waals surface area contributed by atoms with Crippen molar-refractivity contribution in [2.45, 2.75) is 44.4 Å². The van der Waals surface area contributed by atoms with Crippen molar-refractivity contribution in [2.24, 2.45) is 5.92 Å². The third-order valence-corrected chi connectivity index (χ3v) is 8.05. The van der Waals surface area contributed by atoms with Crippen molar-refractivity contribution in [3.8, 4) is 0 Å². The number of benzene rings is 2. The number of rotatable bonds is 12. The highest BCUT2D eigenvalue weighted by atomic mass is 35.5. The van der Waals surface area contributed by atoms with Gasteiger partial charge in [-0.2, -0.15) is 4.31 Å². The molecule has 6 nitrogen and oxygen atoms in total. The summed E-state index contributed by atoms with van der Waals surface area (Å²) in [5, 5.41) is 10.4. The SMILES string of the molecule is CO[C@H](CN(C)S(=O)(=O)c1ccc(C)cc1)[C@@H](C)CN(Cc1ccccc1Cl)[C@@H](C)CO. The van der Waals surface area contributed by atoms with E-state index in [9.17, 15) is 13.5 Å². The Hall–Kier alpha value is -1.48. The first-order valence-electron chi connectivity index (χ1n) is 10.7. The topological polar surface area (TPSA) is 70.1 Å². The Balaban J connectivity index is 2.12. The van der Waals surface area contributed by atoms with Crippen molar-refractivity contribution >= 4 is 21.6 Å². The molecule has 0 radical (unpaired) electrons. The zero-order chi connectivity index (χ0) is 23.9. The Morgan fingerprint density at radius 3 is 2.25 bits per heavy atom. The van der Waals surface area contributed by atoms with E-state index in [-0.39, 0.29) is 36.1 Å². The van der Waals surface area contributed by atoms with Gasteiger partial charge in [-0.25, -0.2) is 8.42 Å². The van der Waals surface area contributed by atoms with Crippen molar-refractivity contribution in [1.29, 1.82) is 0 Å². The summed E-state index contributed by atoms with van der Waals surface area (Å²) in [5.74, 6) is 0.00663. The zero-order valence-corrected chi connectivity index (χ0v) is 21.1. The van der Waals surface area contributed by atoms with E-state index in [0.717, 1.165) is 11.1 Å². The van der Waals surface area contributed by atoms with Crippen LogP contribution in [0.15, 0.2) is 53.4 Å². The van der Waals surface area contributed by atoms with E-state index >= 15 is 0 Å². The van der Waals surface area contributed by atoms with E-state index in [0.29, 0.717) is 18.1 Å². The van der Waals surface area contributed by atoms with Gasteiger partial charge in [-0.1, -0.05) is 54.4 Å². The van der Waals surface area contributed by atoms with Gasteiger partial charge in [0.25, 0.3) is 0 Å². The van der Waals surface area contributed by atoms with E-state index in [1.54, 1.807) is 38.4 Å². The fourth-order valence-corrected chi connectivity index (χ4v) is 4.96. The van der Waals surface area contributed by atoms with Gasteiger partial charge in [0.2, 0.25) is 10.0 Å². The Bertz CT molecular complexity index is 953. The number of methoxy groups -OCH3 is 1. The van der Waals surface area contributed by atoms with Gasteiger partial charge in [0, 0.05) is 44.9 Å². The van der Waals surface area contributed by atoms with Crippen LogP contribution in [0.5, 0.6) is 0 Å². The van der Waals surface area contributed by atoms with Crippen LogP contribution in [0.4, 0.5) is 0 Å². The monoisotopic (exact) mass is 482 g/mol. The van der Waals surface area contributed by atoms with Gasteiger partial charge in [-0.15, -0.1) is 0 Å². The molecule has 0 heterocycles. The highest BCUT2D eigenvalue weighted by molar-refractivity contribution is 7.89. The predicted molar refractivity (Wildman–Crippen MR) is 129 cm³/mol. The van der Waals surface area contributed by atoms with Crippen LogP contribution in [0.25, 0.3) is 0 Å². The zero-order valence-electron chi connectivity index (χ0n) is 19.5. The summed E-state index contributed by atoms with van der Waals surface area (Å²) in [6, 6.07) is 14.4. The minimum absolute atomic E-state index is 0.00663. The van der Waals surface area contributed by atoms with Crippen LogP contribution in [0, 0.1) is 12.8 Å². The smallest absolute Gasteiger partial charge is 0.242 e. The molecule has 2 rings (SSSR count). The second-order valence-corrected chi connectivity index (χ2v) is 10.9. The molecule has 32 heavy (non-hydrogen) atoms. The lowest BCUT2D eigenvalue weighted by molar-refractivity contribution is 0.0194. The standard InChI is InChI=1S/C24H35ClN2O4S/c1-18-10-12-22(13-11-18)32(29,30)26(4)16-24(31-5)19(2)14-27(20(3)17-28)15-21-8-6-7-9-23(21)25/h6-13,19-20,24,28H,14-17H2,1-5H3/t19-,20-,24+/m0/s1. The number of halogens is 1. The average molecular weight is 483 g/mol. The molecule has 0 bridgehead atoms. The van der Waals surface area contributed by atoms with E-state index in [1.807, 2.05) is 45.0 Å². The number of sulfonamides is 1. The summed E-state index contributed by atoms with van der Waals surface area (Å²) in [7, 11) is -0.442. The molecule has 0 aliphatic rings. The molecule has 0 saturated carbocycles. The molecule has 0 unspecified atom stereocenters. The quantitative estimate of drug-likeness (QED) is 0.498. The average Bonchev–Trinajstić information content (AvgIpc) is 2.77. The van der Waals surface area contributed by atoms with Gasteiger partial charge >= 0.3 is 0 Å². The molecule has 0 aromatic heterocycles. The third kappa shape index (κ3) is 7.01. The van der Waals surface area contributed by atoms with Crippen LogP contribution in [0.3, 0.4) is 0 Å². The van der Waals surface area contributed by atoms with Gasteiger partial charge in [0.15, 0.2) is 0 Å². The van der Waals surface area contributed by atoms with Crippen molar-refractivity contribution < 1.29 is 18.3 Å². The molecule has 3 atom stereocenters. The number of hydrogen-bond acceptors (Lipinski definition) is 5. The van der Waals surface area contributed by atoms with Crippen LogP contribution in [0.1, 0.15) is 25.0 Å². The van der Waals surface area contributed by atoms with Crippen LogP contribution in [-0.4, -0.2) is 68.7 Å². The van der Waals surface area contributed by atoms with Crippen LogP contribution in [-0.2, 0) is 21.3 Å². The first-order valence-corrected chi connectivity index (χ1v) is 12.6. The summed E-state index contributed by atoms with van der Waals surface area (Å²) >= 11 is 6.34. The number of aliphatic hydroxyl groups is 1. The van der Waals surface area contributed by atoms with E-state index in [2.05, 4.69) is 4.90 Å². The van der Waals surface area contributed by atoms with Gasteiger partial charge in [0.1, 0.15) is 0 Å². The highest BCUT2D eigenvalue weighted by Crippen LogP contribution is 2.22. The molecular weight excluding hydrogens is 448 g/mol. The van der Waals surface area contributed by atoms with Crippen molar-refractivity contribution in [1.82, 2.24) is 9.21 Å². The van der Waals surface area contributed by atoms with Crippen molar-refractivity contribution in [2.75, 3.05) is 33.9 Å². The van der Waals surface area contributed by atoms with Crippen LogP contribution >= 0.6 is 11.6 Å². The van der Waals surface area contributed by atoms with Gasteiger partial charge in [0.05, 0.1) is 17.6 Å². The number of aryl methyl sites for hydroxylation is 1. The molecule has 178 valence electrons. The predicted octanol–water partition coefficient (Wildman–Crippen LogP) is 3.80. The van der Waals surface area contributed by atoms with E-state index in [4.69, 9.17) is 16.3 Å². The summed E-state index contributed by atoms with van der Waals surface area (Å²) < 4.78 is 33.0. The van der Waals surface area contributed by atoms with Crippen LogP contribution < -0.4 is 0 Å². The van der Waals surface area contributed by atoms with Crippen molar-refractivity contribution in [3.05, 3.63) is 64.7 Å². The number of nitrogens with zero attached hydrogens (tertiary/aromatic N) is 2. The summed E-state index contributed by atoms with van der Waals surface area (Å²) in [5.41, 5.74) is 1.99. The fraction of sp³-hybridized carbons (Fsp3) is 0.500. The third-order valence-electron chi connectivity index (χ3n) is 5.84. The minimum Gasteiger partial charge on any atom is -0.395 e. The lowest BCUT2D eigenvalue weighted by atomic mass is 10.0. The molecule has 0 spiro atoms. The minimum atomic E-state index is -3.62. The molecule has 2 aromatic rings. The molecule has 0 aliphatic carbocycles. The molecule has 0 amide bonds. The van der Waals surface area contributed by atoms with Gasteiger partial charge < -0.3 is 9.84 Å². The molecule has 0 fully saturated rings. The molecule has 0 aliphatic heterocycles. The van der Waals surface area contributed by atoms with E-state index in [1.165, 1.54) is 4.31 Å². The Morgan fingerprint density at radius 2 is 1.69 bits per heavy atom. The first kappa shape index (κ1) is 26.8. The fourth-order valence-electron chi connectivity index (χ4n) is 3.58. The number of likely N-dealkylation sites (N-methyl/N-ethyl adjacent to an activating group) is 1. The molecular formula is C24H35ClN2O4S. The number of hydrogen-bond donors (Lipinski definition) is 1. The lowest BCUT2D eigenvalue weighted by Gasteiger charge is -2.34. The lowest BCUT2D eigenvalue weighted by Crippen LogP contribution is -2.44. The Kier molecular flexibility index (Phi) is 10.1. The molecule has 0 saturated heterocycles. The number of aliphatic hydroxyl groups excluding tert-OH is 1. The molecule has 8 heteroatoms. The summed E-state index contributed by atoms with van der Waals surface area (Å²) in [4.78, 5) is 2.41. The van der Waals surface area contributed by atoms with E-state index < -0.39 is 10.0 Å².